The fourth-order valence-electron chi connectivity index (χ4n) is 1.38. The monoisotopic (exact) mass is 306 g/mol. The van der Waals surface area contributed by atoms with Crippen LogP contribution in [0.25, 0.3) is 0 Å². The zero-order chi connectivity index (χ0) is 13.8. The molecule has 0 heterocycles. The number of carboxylic acid groups (broad SMARTS) is 1. The van der Waals surface area contributed by atoms with Gasteiger partial charge in [-0.25, -0.2) is 4.39 Å². The standard InChI is InChI=1S/C10H14Cl3FO3/c1-5(8(11)4-10(12,13)14)3-7(6(2)15)9(16)17/h5,7-8H,3-4H2,1-2H3,(H,16,17). The molecule has 0 bridgehead atoms. The van der Waals surface area contributed by atoms with Crippen LogP contribution in [0.2, 0.25) is 0 Å². The van der Waals surface area contributed by atoms with E-state index in [4.69, 9.17) is 39.9 Å². The van der Waals surface area contributed by atoms with Gasteiger partial charge in [0, 0.05) is 11.8 Å². The van der Waals surface area contributed by atoms with Crippen molar-refractivity contribution < 1.29 is 19.1 Å². The summed E-state index contributed by atoms with van der Waals surface area (Å²) in [5, 5.41) is 8.08. The molecule has 100 valence electrons. The summed E-state index contributed by atoms with van der Waals surface area (Å²) in [4.78, 5) is 21.9. The predicted molar refractivity (Wildman–Crippen MR) is 65.4 cm³/mol. The minimum atomic E-state index is -2.45. The molecule has 0 aliphatic rings. The molecule has 0 saturated carbocycles. The second kappa shape index (κ2) is 6.76. The number of alkyl halides is 4. The minimum Gasteiger partial charge on any atom is -0.481 e. The second-order valence-electron chi connectivity index (χ2n) is 4.05. The molecule has 1 N–H and O–H groups in total. The number of hydrogen-bond acceptors (Lipinski definition) is 2. The van der Waals surface area contributed by atoms with E-state index in [0.29, 0.717) is 0 Å². The van der Waals surface area contributed by atoms with Crippen LogP contribution in [0.4, 0.5) is 4.39 Å². The third-order valence-electron chi connectivity index (χ3n) is 2.44. The van der Waals surface area contributed by atoms with Gasteiger partial charge in [0.15, 0.2) is 0 Å². The Morgan fingerprint density at radius 2 is 1.88 bits per heavy atom. The summed E-state index contributed by atoms with van der Waals surface area (Å²) in [6.45, 7) is 2.81. The van der Waals surface area contributed by atoms with Gasteiger partial charge in [0.2, 0.25) is 0 Å². The van der Waals surface area contributed by atoms with E-state index >= 15 is 0 Å². The SMILES string of the molecule is CC(=O)C(CC(C)C(Cl)CC(F)(Cl)Cl)C(=O)O. The van der Waals surface area contributed by atoms with Crippen molar-refractivity contribution in [2.24, 2.45) is 11.8 Å². The molecule has 0 radical (unpaired) electrons. The molecule has 17 heavy (non-hydrogen) atoms. The van der Waals surface area contributed by atoms with Crippen LogP contribution in [0.3, 0.4) is 0 Å². The van der Waals surface area contributed by atoms with Crippen molar-refractivity contribution in [3.8, 4) is 0 Å². The van der Waals surface area contributed by atoms with E-state index < -0.39 is 33.6 Å². The van der Waals surface area contributed by atoms with Crippen LogP contribution in [0.15, 0.2) is 0 Å². The molecule has 3 nitrogen and oxygen atoms in total. The van der Waals surface area contributed by atoms with Crippen LogP contribution >= 0.6 is 34.8 Å². The summed E-state index contributed by atoms with van der Waals surface area (Å²) in [7, 11) is 0. The van der Waals surface area contributed by atoms with Crippen LogP contribution in [-0.4, -0.2) is 26.8 Å². The lowest BCUT2D eigenvalue weighted by molar-refractivity contribution is -0.146. The Morgan fingerprint density at radius 3 is 2.18 bits per heavy atom. The Morgan fingerprint density at radius 1 is 1.41 bits per heavy atom. The van der Waals surface area contributed by atoms with Gasteiger partial charge in [0.05, 0.1) is 0 Å². The van der Waals surface area contributed by atoms with Gasteiger partial charge in [-0.1, -0.05) is 30.1 Å². The van der Waals surface area contributed by atoms with E-state index in [-0.39, 0.29) is 12.8 Å². The number of carbonyl (C=O) groups excluding carboxylic acids is 1. The fourth-order valence-corrected chi connectivity index (χ4v) is 2.19. The molecule has 0 saturated heterocycles. The summed E-state index contributed by atoms with van der Waals surface area (Å²) in [5.74, 6) is -3.20. The maximum Gasteiger partial charge on any atom is 0.314 e. The average Bonchev–Trinajstić information content (AvgIpc) is 2.09. The maximum absolute atomic E-state index is 12.9. The van der Waals surface area contributed by atoms with Crippen molar-refractivity contribution in [3.63, 3.8) is 0 Å². The van der Waals surface area contributed by atoms with Crippen molar-refractivity contribution in [1.82, 2.24) is 0 Å². The maximum atomic E-state index is 12.9. The molecule has 0 aromatic rings. The highest BCUT2D eigenvalue weighted by atomic mass is 35.5. The molecule has 0 rings (SSSR count). The zero-order valence-electron chi connectivity index (χ0n) is 9.42. The summed E-state index contributed by atoms with van der Waals surface area (Å²) in [5.41, 5.74) is 0. The smallest absolute Gasteiger partial charge is 0.314 e. The molecule has 3 atom stereocenters. The van der Waals surface area contributed by atoms with Crippen molar-refractivity contribution in [2.45, 2.75) is 36.7 Å². The van der Waals surface area contributed by atoms with Crippen LogP contribution in [0.5, 0.6) is 0 Å². The van der Waals surface area contributed by atoms with E-state index in [2.05, 4.69) is 0 Å². The quantitative estimate of drug-likeness (QED) is 0.579. The van der Waals surface area contributed by atoms with E-state index in [0.717, 1.165) is 0 Å². The first-order chi connectivity index (χ1) is 7.54. The predicted octanol–water partition coefficient (Wildman–Crippen LogP) is 3.40. The fraction of sp³-hybridized carbons (Fsp3) is 0.800. The molecular weight excluding hydrogens is 293 g/mol. The molecule has 0 aliphatic carbocycles. The van der Waals surface area contributed by atoms with E-state index in [1.807, 2.05) is 0 Å². The van der Waals surface area contributed by atoms with Crippen molar-refractivity contribution in [2.75, 3.05) is 0 Å². The summed E-state index contributed by atoms with van der Waals surface area (Å²) in [6.07, 6.45) is -0.300. The topological polar surface area (TPSA) is 54.4 Å². The van der Waals surface area contributed by atoms with Crippen LogP contribution in [-0.2, 0) is 9.59 Å². The highest BCUT2D eigenvalue weighted by Gasteiger charge is 2.33. The first-order valence-corrected chi connectivity index (χ1v) is 6.18. The van der Waals surface area contributed by atoms with Gasteiger partial charge in [-0.05, 0) is 19.3 Å². The first-order valence-electron chi connectivity index (χ1n) is 4.98. The van der Waals surface area contributed by atoms with Crippen LogP contribution < -0.4 is 0 Å². The number of carbonyl (C=O) groups is 2. The number of Topliss-reactive ketones (excluding diaryl/α,β-unsaturated/α-hetero) is 1. The average molecular weight is 308 g/mol. The number of ketones is 1. The van der Waals surface area contributed by atoms with E-state index in [1.54, 1.807) is 6.92 Å². The normalized spacial score (nSPS) is 17.3. The number of hydrogen-bond donors (Lipinski definition) is 1. The minimum absolute atomic E-state index is 0.0304. The highest BCUT2D eigenvalue weighted by molar-refractivity contribution is 6.47. The Kier molecular flexibility index (Phi) is 6.74. The number of halogens is 4. The highest BCUT2D eigenvalue weighted by Crippen LogP contribution is 2.34. The molecule has 3 unspecified atom stereocenters. The number of carboxylic acids is 1. The lowest BCUT2D eigenvalue weighted by atomic mass is 9.90. The molecule has 0 amide bonds. The molecule has 0 spiro atoms. The Balaban J connectivity index is 4.46. The van der Waals surface area contributed by atoms with Gasteiger partial charge in [-0.15, -0.1) is 11.6 Å². The van der Waals surface area contributed by atoms with Gasteiger partial charge < -0.3 is 5.11 Å². The Hall–Kier alpha value is -0.0600. The molecule has 0 aromatic carbocycles. The molecule has 7 heteroatoms. The van der Waals surface area contributed by atoms with Crippen LogP contribution in [0.1, 0.15) is 26.7 Å². The zero-order valence-corrected chi connectivity index (χ0v) is 11.7. The summed E-state index contributed by atoms with van der Waals surface area (Å²) in [6, 6.07) is 0. The van der Waals surface area contributed by atoms with Crippen molar-refractivity contribution in [3.05, 3.63) is 0 Å². The van der Waals surface area contributed by atoms with Crippen molar-refractivity contribution >= 4 is 46.6 Å². The van der Waals surface area contributed by atoms with Crippen molar-refractivity contribution in [1.29, 1.82) is 0 Å². The van der Waals surface area contributed by atoms with Gasteiger partial charge in [-0.2, -0.15) is 0 Å². The largest absolute Gasteiger partial charge is 0.481 e. The molecule has 0 aromatic heterocycles. The summed E-state index contributed by atoms with van der Waals surface area (Å²) >= 11 is 16.2. The first kappa shape index (κ1) is 16.9. The van der Waals surface area contributed by atoms with Gasteiger partial charge in [0.1, 0.15) is 11.7 Å². The second-order valence-corrected chi connectivity index (χ2v) is 6.00. The summed E-state index contributed by atoms with van der Waals surface area (Å²) < 4.78 is 10.5. The molecular formula is C10H14Cl3FO3. The van der Waals surface area contributed by atoms with Gasteiger partial charge >= 0.3 is 5.97 Å². The number of rotatable bonds is 7. The van der Waals surface area contributed by atoms with Crippen LogP contribution in [0, 0.1) is 11.8 Å². The third kappa shape index (κ3) is 7.06. The lowest BCUT2D eigenvalue weighted by Gasteiger charge is -2.22. The van der Waals surface area contributed by atoms with E-state index in [1.165, 1.54) is 6.92 Å². The Bertz CT molecular complexity index is 277. The van der Waals surface area contributed by atoms with Gasteiger partial charge in [0.25, 0.3) is 4.59 Å². The lowest BCUT2D eigenvalue weighted by Crippen LogP contribution is -2.28. The third-order valence-corrected chi connectivity index (χ3v) is 3.33. The Labute approximate surface area is 114 Å². The molecule has 0 fully saturated rings. The molecule has 0 aliphatic heterocycles. The number of aliphatic carboxylic acids is 1. The van der Waals surface area contributed by atoms with Gasteiger partial charge in [-0.3, -0.25) is 9.59 Å². The van der Waals surface area contributed by atoms with E-state index in [9.17, 15) is 14.0 Å².